The predicted octanol–water partition coefficient (Wildman–Crippen LogP) is 2.11. The summed E-state index contributed by atoms with van der Waals surface area (Å²) >= 11 is 5.67. The van der Waals surface area contributed by atoms with E-state index < -0.39 is 0 Å². The Kier molecular flexibility index (Phi) is 2.60. The second-order valence-electron chi connectivity index (χ2n) is 2.15. The molecule has 0 saturated heterocycles. The minimum atomic E-state index is 0.291. The van der Waals surface area contributed by atoms with E-state index in [1.54, 1.807) is 12.1 Å². The van der Waals surface area contributed by atoms with Gasteiger partial charge in [-0.1, -0.05) is 18.5 Å². The first-order chi connectivity index (χ1) is 5.27. The lowest BCUT2D eigenvalue weighted by molar-refractivity contribution is 0.112. The molecule has 0 atom stereocenters. The number of aryl methyl sites for hydroxylation is 1. The Morgan fingerprint density at radius 2 is 2.36 bits per heavy atom. The fourth-order valence-corrected chi connectivity index (χ4v) is 0.984. The highest BCUT2D eigenvalue weighted by atomic mass is 35.5. The summed E-state index contributed by atoms with van der Waals surface area (Å²) in [7, 11) is 0. The largest absolute Gasteiger partial charge is 0.298 e. The third-order valence-corrected chi connectivity index (χ3v) is 1.73. The Labute approximate surface area is 70.2 Å². The van der Waals surface area contributed by atoms with E-state index in [9.17, 15) is 4.79 Å². The van der Waals surface area contributed by atoms with Crippen LogP contribution in [0.2, 0.25) is 5.15 Å². The summed E-state index contributed by atoms with van der Waals surface area (Å²) in [5.41, 5.74) is 1.35. The molecule has 3 heteroatoms. The van der Waals surface area contributed by atoms with Crippen molar-refractivity contribution < 1.29 is 4.79 Å². The molecule has 0 amide bonds. The summed E-state index contributed by atoms with van der Waals surface area (Å²) in [6.07, 6.45) is 1.54. The van der Waals surface area contributed by atoms with Crippen LogP contribution in [0.15, 0.2) is 12.1 Å². The van der Waals surface area contributed by atoms with E-state index in [2.05, 4.69) is 4.98 Å². The maximum absolute atomic E-state index is 10.3. The minimum Gasteiger partial charge on any atom is -0.298 e. The van der Waals surface area contributed by atoms with Gasteiger partial charge in [-0.15, -0.1) is 0 Å². The SMILES string of the molecule is CCc1ccc(C=O)c(Cl)n1. The zero-order chi connectivity index (χ0) is 8.27. The van der Waals surface area contributed by atoms with Crippen LogP contribution in [0, 0.1) is 0 Å². The summed E-state index contributed by atoms with van der Waals surface area (Å²) in [5, 5.41) is 0.291. The molecule has 11 heavy (non-hydrogen) atoms. The fourth-order valence-electron chi connectivity index (χ4n) is 0.767. The fraction of sp³-hybridized carbons (Fsp3) is 0.250. The van der Waals surface area contributed by atoms with Gasteiger partial charge in [0, 0.05) is 5.69 Å². The van der Waals surface area contributed by atoms with Crippen LogP contribution in [-0.4, -0.2) is 11.3 Å². The molecule has 1 heterocycles. The van der Waals surface area contributed by atoms with Crippen molar-refractivity contribution in [3.63, 3.8) is 0 Å². The first-order valence-corrected chi connectivity index (χ1v) is 3.76. The number of pyridine rings is 1. The monoisotopic (exact) mass is 169 g/mol. The number of carbonyl (C=O) groups excluding carboxylic acids is 1. The number of nitrogens with zero attached hydrogens (tertiary/aromatic N) is 1. The van der Waals surface area contributed by atoms with Crippen LogP contribution in [0.3, 0.4) is 0 Å². The van der Waals surface area contributed by atoms with Gasteiger partial charge in [0.15, 0.2) is 6.29 Å². The first kappa shape index (κ1) is 8.21. The van der Waals surface area contributed by atoms with Crippen LogP contribution >= 0.6 is 11.6 Å². The van der Waals surface area contributed by atoms with Gasteiger partial charge in [-0.05, 0) is 18.6 Å². The lowest BCUT2D eigenvalue weighted by Gasteiger charge is -1.97. The summed E-state index contributed by atoms with van der Waals surface area (Å²) < 4.78 is 0. The molecule has 0 aliphatic carbocycles. The van der Waals surface area contributed by atoms with Gasteiger partial charge in [-0.2, -0.15) is 0 Å². The van der Waals surface area contributed by atoms with Crippen LogP contribution < -0.4 is 0 Å². The maximum atomic E-state index is 10.3. The Bertz CT molecular complexity index is 273. The van der Waals surface area contributed by atoms with E-state index >= 15 is 0 Å². The van der Waals surface area contributed by atoms with Gasteiger partial charge in [0.1, 0.15) is 5.15 Å². The molecule has 0 radical (unpaired) electrons. The Hall–Kier alpha value is -0.890. The molecule has 0 aliphatic rings. The van der Waals surface area contributed by atoms with Gasteiger partial charge in [0.2, 0.25) is 0 Å². The number of carbonyl (C=O) groups is 1. The molecule has 2 nitrogen and oxygen atoms in total. The van der Waals surface area contributed by atoms with Crippen LogP contribution in [0.25, 0.3) is 0 Å². The summed E-state index contributed by atoms with van der Waals surface area (Å²) in [4.78, 5) is 14.3. The third kappa shape index (κ3) is 1.77. The molecule has 1 aromatic heterocycles. The standard InChI is InChI=1S/C8H8ClNO/c1-2-7-4-3-6(5-11)8(9)10-7/h3-5H,2H2,1H3. The van der Waals surface area contributed by atoms with E-state index in [4.69, 9.17) is 11.6 Å². The Balaban J connectivity index is 3.09. The molecular formula is C8H8ClNO. The van der Waals surface area contributed by atoms with Crippen molar-refractivity contribution in [3.8, 4) is 0 Å². The first-order valence-electron chi connectivity index (χ1n) is 3.38. The molecule has 0 unspecified atom stereocenters. The molecule has 1 rings (SSSR count). The van der Waals surface area contributed by atoms with E-state index in [0.29, 0.717) is 17.0 Å². The molecule has 0 aromatic carbocycles. The molecule has 0 aliphatic heterocycles. The van der Waals surface area contributed by atoms with Gasteiger partial charge < -0.3 is 0 Å². The van der Waals surface area contributed by atoms with Gasteiger partial charge >= 0.3 is 0 Å². The maximum Gasteiger partial charge on any atom is 0.153 e. The number of hydrogen-bond acceptors (Lipinski definition) is 2. The lowest BCUT2D eigenvalue weighted by Crippen LogP contribution is -1.91. The molecule has 1 aromatic rings. The lowest BCUT2D eigenvalue weighted by atomic mass is 10.2. The molecule has 0 fully saturated rings. The van der Waals surface area contributed by atoms with Crippen LogP contribution in [0.4, 0.5) is 0 Å². The predicted molar refractivity (Wildman–Crippen MR) is 44.0 cm³/mol. The van der Waals surface area contributed by atoms with Crippen molar-refractivity contribution in [2.24, 2.45) is 0 Å². The van der Waals surface area contributed by atoms with Crippen LogP contribution in [0.1, 0.15) is 23.0 Å². The van der Waals surface area contributed by atoms with Gasteiger partial charge in [-0.25, -0.2) is 4.98 Å². The highest BCUT2D eigenvalue weighted by Crippen LogP contribution is 2.11. The van der Waals surface area contributed by atoms with Crippen molar-refractivity contribution in [2.45, 2.75) is 13.3 Å². The molecule has 0 saturated carbocycles. The number of aldehydes is 1. The zero-order valence-corrected chi connectivity index (χ0v) is 6.93. The number of rotatable bonds is 2. The Morgan fingerprint density at radius 1 is 1.64 bits per heavy atom. The summed E-state index contributed by atoms with van der Waals surface area (Å²) in [6.45, 7) is 1.99. The van der Waals surface area contributed by atoms with Gasteiger partial charge in [-0.3, -0.25) is 4.79 Å². The number of halogens is 1. The smallest absolute Gasteiger partial charge is 0.153 e. The normalized spacial score (nSPS) is 9.64. The molecule has 0 spiro atoms. The van der Waals surface area contributed by atoms with Crippen molar-refractivity contribution >= 4 is 17.9 Å². The van der Waals surface area contributed by atoms with E-state index in [-0.39, 0.29) is 0 Å². The highest BCUT2D eigenvalue weighted by Gasteiger charge is 1.99. The summed E-state index contributed by atoms with van der Waals surface area (Å²) in [5.74, 6) is 0. The quantitative estimate of drug-likeness (QED) is 0.502. The van der Waals surface area contributed by atoms with Crippen molar-refractivity contribution in [3.05, 3.63) is 28.5 Å². The average molecular weight is 170 g/mol. The second-order valence-corrected chi connectivity index (χ2v) is 2.51. The van der Waals surface area contributed by atoms with Crippen molar-refractivity contribution in [1.29, 1.82) is 0 Å². The van der Waals surface area contributed by atoms with Crippen molar-refractivity contribution in [2.75, 3.05) is 0 Å². The van der Waals surface area contributed by atoms with Crippen LogP contribution in [-0.2, 0) is 6.42 Å². The number of hydrogen-bond donors (Lipinski definition) is 0. The van der Waals surface area contributed by atoms with Crippen molar-refractivity contribution in [1.82, 2.24) is 4.98 Å². The average Bonchev–Trinajstić information content (AvgIpc) is 2.04. The molecular weight excluding hydrogens is 162 g/mol. The van der Waals surface area contributed by atoms with Crippen LogP contribution in [0.5, 0.6) is 0 Å². The molecule has 0 bridgehead atoms. The highest BCUT2D eigenvalue weighted by molar-refractivity contribution is 6.31. The van der Waals surface area contributed by atoms with E-state index in [1.165, 1.54) is 0 Å². The van der Waals surface area contributed by atoms with E-state index in [1.807, 2.05) is 6.92 Å². The Morgan fingerprint density at radius 3 is 2.82 bits per heavy atom. The third-order valence-electron chi connectivity index (χ3n) is 1.42. The van der Waals surface area contributed by atoms with Gasteiger partial charge in [0.25, 0.3) is 0 Å². The van der Waals surface area contributed by atoms with E-state index in [0.717, 1.165) is 12.1 Å². The zero-order valence-electron chi connectivity index (χ0n) is 6.17. The molecule has 58 valence electrons. The minimum absolute atomic E-state index is 0.291. The summed E-state index contributed by atoms with van der Waals surface area (Å²) in [6, 6.07) is 3.48. The number of aromatic nitrogens is 1. The van der Waals surface area contributed by atoms with Gasteiger partial charge in [0.05, 0.1) is 5.56 Å². The second kappa shape index (κ2) is 3.49. The molecule has 0 N–H and O–H groups in total. The topological polar surface area (TPSA) is 30.0 Å².